The van der Waals surface area contributed by atoms with Gasteiger partial charge in [-0.2, -0.15) is 0 Å². The third-order valence-corrected chi connectivity index (χ3v) is 4.11. The first-order chi connectivity index (χ1) is 9.57. The largest absolute Gasteiger partial charge is 0.463 e. The number of hydrogen-bond donors (Lipinski definition) is 1. The molecule has 6 heteroatoms. The first-order valence-corrected chi connectivity index (χ1v) is 6.90. The zero-order valence-corrected chi connectivity index (χ0v) is 12.3. The molecule has 0 spiro atoms. The van der Waals surface area contributed by atoms with Crippen LogP contribution in [0.3, 0.4) is 0 Å². The van der Waals surface area contributed by atoms with Crippen molar-refractivity contribution in [3.05, 3.63) is 18.1 Å². The van der Waals surface area contributed by atoms with Crippen LogP contribution < -0.4 is 5.32 Å². The van der Waals surface area contributed by atoms with Crippen LogP contribution in [0.4, 0.5) is 5.82 Å². The number of hydrogen-bond acceptors (Lipinski definition) is 6. The predicted octanol–water partition coefficient (Wildman–Crippen LogP) is 1.55. The van der Waals surface area contributed by atoms with Crippen molar-refractivity contribution in [2.75, 3.05) is 33.1 Å². The minimum absolute atomic E-state index is 0.0859. The van der Waals surface area contributed by atoms with E-state index >= 15 is 0 Å². The van der Waals surface area contributed by atoms with E-state index in [1.807, 2.05) is 0 Å². The van der Waals surface area contributed by atoms with E-state index in [0.29, 0.717) is 5.82 Å². The van der Waals surface area contributed by atoms with Crippen LogP contribution in [0.1, 0.15) is 36.3 Å². The van der Waals surface area contributed by atoms with Gasteiger partial charge in [-0.05, 0) is 33.0 Å². The molecular weight excluding hydrogens is 256 g/mol. The Morgan fingerprint density at radius 1 is 1.45 bits per heavy atom. The quantitative estimate of drug-likeness (QED) is 0.824. The molecule has 0 aliphatic heterocycles. The molecule has 1 heterocycles. The number of nitrogens with one attached hydrogen (secondary N) is 1. The molecule has 0 amide bonds. The molecule has 0 atom stereocenters. The molecular formula is C14H22N4O2. The fourth-order valence-corrected chi connectivity index (χ4v) is 2.72. The van der Waals surface area contributed by atoms with Crippen LogP contribution in [0.15, 0.2) is 12.3 Å². The van der Waals surface area contributed by atoms with E-state index in [9.17, 15) is 4.79 Å². The van der Waals surface area contributed by atoms with Crippen LogP contribution in [0.25, 0.3) is 0 Å². The molecule has 0 unspecified atom stereocenters. The van der Waals surface area contributed by atoms with Gasteiger partial charge >= 0.3 is 5.97 Å². The summed E-state index contributed by atoms with van der Waals surface area (Å²) in [5.74, 6) is 0.230. The Morgan fingerprint density at radius 2 is 2.15 bits per heavy atom. The standard InChI is InChI=1S/C14H22N4O2/c1-18(2)14(7-4-5-8-14)10-16-11-6-9-15-12(17-11)13(19)20-3/h6,9H,4-5,7-8,10H2,1-3H3,(H,15,16,17). The fourth-order valence-electron chi connectivity index (χ4n) is 2.72. The minimum Gasteiger partial charge on any atom is -0.463 e. The Morgan fingerprint density at radius 3 is 2.75 bits per heavy atom. The summed E-state index contributed by atoms with van der Waals surface area (Å²) in [5, 5.41) is 3.33. The van der Waals surface area contributed by atoms with Crippen molar-refractivity contribution in [2.24, 2.45) is 0 Å². The van der Waals surface area contributed by atoms with Gasteiger partial charge in [0.15, 0.2) is 0 Å². The zero-order valence-electron chi connectivity index (χ0n) is 12.3. The number of esters is 1. The van der Waals surface area contributed by atoms with Gasteiger partial charge in [0.2, 0.25) is 5.82 Å². The lowest BCUT2D eigenvalue weighted by atomic mass is 9.96. The average molecular weight is 278 g/mol. The second kappa shape index (κ2) is 6.17. The number of rotatable bonds is 5. The van der Waals surface area contributed by atoms with Gasteiger partial charge in [0.05, 0.1) is 7.11 Å². The molecule has 1 aliphatic carbocycles. The summed E-state index contributed by atoms with van der Waals surface area (Å²) < 4.78 is 4.63. The van der Waals surface area contributed by atoms with Crippen molar-refractivity contribution < 1.29 is 9.53 Å². The number of likely N-dealkylation sites (N-methyl/N-ethyl adjacent to an activating group) is 1. The highest BCUT2D eigenvalue weighted by molar-refractivity contribution is 5.85. The molecule has 2 rings (SSSR count). The van der Waals surface area contributed by atoms with Crippen LogP contribution in [0.5, 0.6) is 0 Å². The molecule has 1 aromatic rings. The molecule has 1 saturated carbocycles. The second-order valence-electron chi connectivity index (χ2n) is 5.44. The van der Waals surface area contributed by atoms with E-state index < -0.39 is 5.97 Å². The van der Waals surface area contributed by atoms with E-state index in [2.05, 4.69) is 39.0 Å². The number of nitrogens with zero attached hydrogens (tertiary/aromatic N) is 3. The number of carbonyl (C=O) groups is 1. The van der Waals surface area contributed by atoms with Crippen molar-refractivity contribution in [1.82, 2.24) is 14.9 Å². The Hall–Kier alpha value is -1.69. The number of anilines is 1. The van der Waals surface area contributed by atoms with Gasteiger partial charge in [-0.15, -0.1) is 0 Å². The van der Waals surface area contributed by atoms with Gasteiger partial charge in [0.25, 0.3) is 0 Å². The van der Waals surface area contributed by atoms with Crippen molar-refractivity contribution in [2.45, 2.75) is 31.2 Å². The molecule has 20 heavy (non-hydrogen) atoms. The lowest BCUT2D eigenvalue weighted by molar-refractivity contribution is 0.0587. The van der Waals surface area contributed by atoms with Crippen molar-refractivity contribution in [3.8, 4) is 0 Å². The highest BCUT2D eigenvalue weighted by Crippen LogP contribution is 2.33. The van der Waals surface area contributed by atoms with E-state index in [1.54, 1.807) is 12.3 Å². The minimum atomic E-state index is -0.517. The first-order valence-electron chi connectivity index (χ1n) is 6.90. The molecule has 1 fully saturated rings. The number of methoxy groups -OCH3 is 1. The average Bonchev–Trinajstić information content (AvgIpc) is 2.95. The van der Waals surface area contributed by atoms with Crippen LogP contribution in [-0.4, -0.2) is 54.1 Å². The Labute approximate surface area is 119 Å². The van der Waals surface area contributed by atoms with Crippen LogP contribution in [-0.2, 0) is 4.74 Å². The lowest BCUT2D eigenvalue weighted by Crippen LogP contribution is -2.47. The predicted molar refractivity (Wildman–Crippen MR) is 76.7 cm³/mol. The highest BCUT2D eigenvalue weighted by atomic mass is 16.5. The molecule has 6 nitrogen and oxygen atoms in total. The summed E-state index contributed by atoms with van der Waals surface area (Å²) in [5.41, 5.74) is 0.177. The topological polar surface area (TPSA) is 67.3 Å². The third kappa shape index (κ3) is 3.07. The maximum absolute atomic E-state index is 11.4. The molecule has 1 aromatic heterocycles. The second-order valence-corrected chi connectivity index (χ2v) is 5.44. The van der Waals surface area contributed by atoms with Crippen molar-refractivity contribution >= 4 is 11.8 Å². The van der Waals surface area contributed by atoms with E-state index in [0.717, 1.165) is 6.54 Å². The molecule has 0 bridgehead atoms. The zero-order chi connectivity index (χ0) is 14.6. The first kappa shape index (κ1) is 14.7. The Kier molecular flexibility index (Phi) is 4.54. The number of carbonyl (C=O) groups excluding carboxylic acids is 1. The summed E-state index contributed by atoms with van der Waals surface area (Å²) in [6, 6.07) is 1.77. The maximum Gasteiger partial charge on any atom is 0.376 e. The summed E-state index contributed by atoms with van der Waals surface area (Å²) >= 11 is 0. The van der Waals surface area contributed by atoms with Crippen molar-refractivity contribution in [1.29, 1.82) is 0 Å². The van der Waals surface area contributed by atoms with Gasteiger partial charge in [-0.25, -0.2) is 14.8 Å². The molecule has 0 saturated heterocycles. The van der Waals surface area contributed by atoms with E-state index in [4.69, 9.17) is 0 Å². The molecule has 1 N–H and O–H groups in total. The smallest absolute Gasteiger partial charge is 0.376 e. The number of aromatic nitrogens is 2. The van der Waals surface area contributed by atoms with Gasteiger partial charge < -0.3 is 15.0 Å². The van der Waals surface area contributed by atoms with Gasteiger partial charge in [0.1, 0.15) is 5.82 Å². The van der Waals surface area contributed by atoms with Gasteiger partial charge in [-0.3, -0.25) is 0 Å². The Bertz CT molecular complexity index is 470. The lowest BCUT2D eigenvalue weighted by Gasteiger charge is -2.36. The number of ether oxygens (including phenoxy) is 1. The maximum atomic E-state index is 11.4. The summed E-state index contributed by atoms with van der Waals surface area (Å²) in [6.45, 7) is 0.817. The van der Waals surface area contributed by atoms with Crippen molar-refractivity contribution in [3.63, 3.8) is 0 Å². The summed E-state index contributed by atoms with van der Waals surface area (Å²) in [6.07, 6.45) is 6.45. The van der Waals surface area contributed by atoms with Gasteiger partial charge in [0, 0.05) is 18.3 Å². The monoisotopic (exact) mass is 278 g/mol. The molecule has 110 valence electrons. The Balaban J connectivity index is 2.05. The van der Waals surface area contributed by atoms with Crippen LogP contribution in [0, 0.1) is 0 Å². The highest BCUT2D eigenvalue weighted by Gasteiger charge is 2.35. The van der Waals surface area contributed by atoms with Gasteiger partial charge in [-0.1, -0.05) is 12.8 Å². The van der Waals surface area contributed by atoms with E-state index in [1.165, 1.54) is 32.8 Å². The van der Waals surface area contributed by atoms with Crippen LogP contribution >= 0.6 is 0 Å². The molecule has 1 aliphatic rings. The molecule has 0 radical (unpaired) electrons. The SMILES string of the molecule is COC(=O)c1nccc(NCC2(N(C)C)CCCC2)n1. The third-order valence-electron chi connectivity index (χ3n) is 4.11. The summed E-state index contributed by atoms with van der Waals surface area (Å²) in [7, 11) is 5.56. The van der Waals surface area contributed by atoms with E-state index in [-0.39, 0.29) is 11.4 Å². The summed E-state index contributed by atoms with van der Waals surface area (Å²) in [4.78, 5) is 21.8. The fraction of sp³-hybridized carbons (Fsp3) is 0.643. The normalized spacial score (nSPS) is 17.2. The molecule has 0 aromatic carbocycles. The van der Waals surface area contributed by atoms with Crippen LogP contribution in [0.2, 0.25) is 0 Å².